The summed E-state index contributed by atoms with van der Waals surface area (Å²) in [7, 11) is 0. The molecule has 7 heteroatoms. The fraction of sp³-hybridized carbons (Fsp3) is 0.400. The molecule has 2 heterocycles. The van der Waals surface area contributed by atoms with Crippen LogP contribution in [0.4, 0.5) is 10.5 Å². The summed E-state index contributed by atoms with van der Waals surface area (Å²) in [5, 5.41) is 2.69. The highest BCUT2D eigenvalue weighted by Gasteiger charge is 2.43. The molecule has 1 N–H and O–H groups in total. The van der Waals surface area contributed by atoms with Crippen LogP contribution in [0.1, 0.15) is 19.4 Å². The Balaban J connectivity index is 1.58. The van der Waals surface area contributed by atoms with Gasteiger partial charge in [0.1, 0.15) is 9.91 Å². The molecule has 0 aromatic heterocycles. The van der Waals surface area contributed by atoms with Crippen LogP contribution in [-0.2, 0) is 10.5 Å². The molecule has 0 spiro atoms. The van der Waals surface area contributed by atoms with Gasteiger partial charge in [0.05, 0.1) is 5.69 Å². The van der Waals surface area contributed by atoms with Gasteiger partial charge >= 0.3 is 6.03 Å². The van der Waals surface area contributed by atoms with E-state index in [4.69, 9.17) is 0 Å². The van der Waals surface area contributed by atoms with Gasteiger partial charge in [-0.05, 0) is 25.5 Å². The minimum absolute atomic E-state index is 0.165. The van der Waals surface area contributed by atoms with E-state index < -0.39 is 5.54 Å². The Hall–Kier alpha value is -1.47. The molecule has 0 saturated carbocycles. The quantitative estimate of drug-likeness (QED) is 0.863. The lowest BCUT2D eigenvalue weighted by molar-refractivity contribution is -0.130. The van der Waals surface area contributed by atoms with Crippen LogP contribution in [0.5, 0.6) is 0 Å². The van der Waals surface area contributed by atoms with E-state index in [1.165, 1.54) is 10.5 Å². The van der Waals surface area contributed by atoms with E-state index in [9.17, 15) is 9.59 Å². The first-order valence-corrected chi connectivity index (χ1v) is 9.01. The van der Waals surface area contributed by atoms with Crippen molar-refractivity contribution < 1.29 is 9.59 Å². The number of para-hydroxylation sites is 1. The van der Waals surface area contributed by atoms with E-state index in [0.29, 0.717) is 12.3 Å². The van der Waals surface area contributed by atoms with Crippen molar-refractivity contribution in [3.8, 4) is 0 Å². The summed E-state index contributed by atoms with van der Waals surface area (Å²) in [6.45, 7) is 3.84. The highest BCUT2D eigenvalue weighted by molar-refractivity contribution is 8.38. The number of urea groups is 1. The second-order valence-electron chi connectivity index (χ2n) is 5.66. The van der Waals surface area contributed by atoms with E-state index in [-0.39, 0.29) is 11.9 Å². The fourth-order valence-electron chi connectivity index (χ4n) is 2.33. The summed E-state index contributed by atoms with van der Waals surface area (Å²) in [5.41, 5.74) is 1.46. The van der Waals surface area contributed by atoms with E-state index >= 15 is 0 Å². The maximum Gasteiger partial charge on any atom is 0.325 e. The van der Waals surface area contributed by atoms with Gasteiger partial charge in [0, 0.05) is 18.1 Å². The van der Waals surface area contributed by atoms with Gasteiger partial charge in [0.2, 0.25) is 0 Å². The molecule has 1 saturated heterocycles. The summed E-state index contributed by atoms with van der Waals surface area (Å²) >= 11 is 3.29. The van der Waals surface area contributed by atoms with Crippen molar-refractivity contribution >= 4 is 45.5 Å². The van der Waals surface area contributed by atoms with Crippen LogP contribution in [0.3, 0.4) is 0 Å². The largest absolute Gasteiger partial charge is 0.325 e. The lowest BCUT2D eigenvalue weighted by Crippen LogP contribution is -2.40. The molecule has 0 bridgehead atoms. The third kappa shape index (κ3) is 3.01. The zero-order valence-corrected chi connectivity index (χ0v) is 14.1. The minimum atomic E-state index is -0.794. The summed E-state index contributed by atoms with van der Waals surface area (Å²) in [4.78, 5) is 29.8. The summed E-state index contributed by atoms with van der Waals surface area (Å²) in [6, 6.07) is 7.79. The molecule has 3 amide bonds. The third-order valence-corrected chi connectivity index (χ3v) is 5.76. The highest BCUT2D eigenvalue weighted by Crippen LogP contribution is 2.34. The second-order valence-corrected chi connectivity index (χ2v) is 7.96. The number of fused-ring (bicyclic) bond motifs is 1. The van der Waals surface area contributed by atoms with Crippen molar-refractivity contribution in [3.63, 3.8) is 0 Å². The Morgan fingerprint density at radius 3 is 2.86 bits per heavy atom. The van der Waals surface area contributed by atoms with Crippen LogP contribution in [0.15, 0.2) is 29.3 Å². The number of rotatable bonds is 3. The normalized spacial score (nSPS) is 19.7. The van der Waals surface area contributed by atoms with E-state index in [1.54, 1.807) is 37.4 Å². The molecule has 5 nitrogen and oxygen atoms in total. The molecular formula is C15H17N3O2S2. The zero-order valence-electron chi connectivity index (χ0n) is 12.5. The number of hydrogen-bond acceptors (Lipinski definition) is 5. The number of thioether (sulfide) groups is 2. The molecule has 3 rings (SSSR count). The fourth-order valence-corrected chi connectivity index (χ4v) is 4.39. The number of carbonyl (C=O) groups is 2. The third-order valence-electron chi connectivity index (χ3n) is 3.54. The number of imide groups is 1. The van der Waals surface area contributed by atoms with Gasteiger partial charge in [-0.15, -0.1) is 0 Å². The summed E-state index contributed by atoms with van der Waals surface area (Å²) in [6.07, 6.45) is 0. The molecule has 116 valence electrons. The molecular weight excluding hydrogens is 318 g/mol. The summed E-state index contributed by atoms with van der Waals surface area (Å²) in [5.74, 6) is 1.41. The Bertz CT molecular complexity index is 658. The molecule has 2 aliphatic rings. The maximum atomic E-state index is 12.1. The number of nitrogens with one attached hydrogen (secondary N) is 1. The van der Waals surface area contributed by atoms with Crippen molar-refractivity contribution in [3.05, 3.63) is 29.8 Å². The van der Waals surface area contributed by atoms with Gasteiger partial charge in [0.15, 0.2) is 0 Å². The molecule has 1 aromatic carbocycles. The van der Waals surface area contributed by atoms with Gasteiger partial charge in [-0.3, -0.25) is 9.69 Å². The minimum Gasteiger partial charge on any atom is -0.324 e. The standard InChI is InChI=1S/C15H17N3O2S2/c1-15(2)12(19)18(13(20)17-15)7-8-21-14-16-11-6-4-3-5-10(11)9-22-14/h3-6H,7-9H2,1-2H3,(H,17,20). The number of hydrogen-bond donors (Lipinski definition) is 1. The molecule has 0 aliphatic carbocycles. The van der Waals surface area contributed by atoms with Crippen LogP contribution < -0.4 is 5.32 Å². The van der Waals surface area contributed by atoms with Gasteiger partial charge in [-0.1, -0.05) is 41.7 Å². The molecule has 0 unspecified atom stereocenters. The first-order chi connectivity index (χ1) is 10.5. The van der Waals surface area contributed by atoms with Gasteiger partial charge in [-0.2, -0.15) is 0 Å². The molecule has 0 radical (unpaired) electrons. The zero-order chi connectivity index (χ0) is 15.7. The van der Waals surface area contributed by atoms with Crippen LogP contribution >= 0.6 is 23.5 Å². The van der Waals surface area contributed by atoms with Crippen molar-refractivity contribution in [1.82, 2.24) is 10.2 Å². The van der Waals surface area contributed by atoms with E-state index in [2.05, 4.69) is 16.4 Å². The maximum absolute atomic E-state index is 12.1. The van der Waals surface area contributed by atoms with Gasteiger partial charge < -0.3 is 5.32 Å². The highest BCUT2D eigenvalue weighted by atomic mass is 32.2. The molecule has 1 aromatic rings. The molecule has 2 aliphatic heterocycles. The van der Waals surface area contributed by atoms with Crippen molar-refractivity contribution in [1.29, 1.82) is 0 Å². The number of amides is 3. The van der Waals surface area contributed by atoms with Crippen LogP contribution in [0.25, 0.3) is 0 Å². The van der Waals surface area contributed by atoms with Gasteiger partial charge in [-0.25, -0.2) is 9.79 Å². The van der Waals surface area contributed by atoms with Crippen molar-refractivity contribution in [2.75, 3.05) is 12.3 Å². The molecule has 1 fully saturated rings. The van der Waals surface area contributed by atoms with Crippen LogP contribution in [0, 0.1) is 0 Å². The number of benzene rings is 1. The average molecular weight is 335 g/mol. The van der Waals surface area contributed by atoms with E-state index in [1.807, 2.05) is 18.2 Å². The SMILES string of the molecule is CC1(C)NC(=O)N(CCSC2=Nc3ccccc3CS2)C1=O. The average Bonchev–Trinajstić information content (AvgIpc) is 2.69. The first-order valence-electron chi connectivity index (χ1n) is 7.04. The van der Waals surface area contributed by atoms with Crippen LogP contribution in [0.2, 0.25) is 0 Å². The van der Waals surface area contributed by atoms with Crippen LogP contribution in [-0.4, -0.2) is 39.1 Å². The predicted molar refractivity (Wildman–Crippen MR) is 91.6 cm³/mol. The Labute approximate surface area is 137 Å². The molecule has 22 heavy (non-hydrogen) atoms. The number of carbonyl (C=O) groups excluding carboxylic acids is 2. The lowest BCUT2D eigenvalue weighted by atomic mass is 10.1. The lowest BCUT2D eigenvalue weighted by Gasteiger charge is -2.17. The summed E-state index contributed by atoms with van der Waals surface area (Å²) < 4.78 is 0.991. The first kappa shape index (κ1) is 15.4. The Morgan fingerprint density at radius 1 is 1.36 bits per heavy atom. The number of nitrogens with zero attached hydrogens (tertiary/aromatic N) is 2. The van der Waals surface area contributed by atoms with Crippen molar-refractivity contribution in [2.45, 2.75) is 25.1 Å². The smallest absolute Gasteiger partial charge is 0.324 e. The second kappa shape index (κ2) is 5.96. The van der Waals surface area contributed by atoms with Crippen molar-refractivity contribution in [2.24, 2.45) is 4.99 Å². The van der Waals surface area contributed by atoms with Gasteiger partial charge in [0.25, 0.3) is 5.91 Å². The Kier molecular flexibility index (Phi) is 4.18. The monoisotopic (exact) mass is 335 g/mol. The Morgan fingerprint density at radius 2 is 2.14 bits per heavy atom. The number of aliphatic imine (C=N–C) groups is 1. The molecule has 0 atom stereocenters. The topological polar surface area (TPSA) is 61.8 Å². The predicted octanol–water partition coefficient (Wildman–Crippen LogP) is 2.98. The van der Waals surface area contributed by atoms with E-state index in [0.717, 1.165) is 15.8 Å².